The number of hydrogen-bond acceptors (Lipinski definition) is 4. The van der Waals surface area contributed by atoms with E-state index in [0.717, 1.165) is 56.9 Å². The van der Waals surface area contributed by atoms with E-state index >= 15 is 0 Å². The van der Waals surface area contributed by atoms with Gasteiger partial charge in [-0.25, -0.2) is 4.79 Å². The number of likely N-dealkylation sites (tertiary alicyclic amines) is 1. The van der Waals surface area contributed by atoms with Crippen molar-refractivity contribution in [3.8, 4) is 0 Å². The van der Waals surface area contributed by atoms with Gasteiger partial charge < -0.3 is 20.3 Å². The van der Waals surface area contributed by atoms with Crippen LogP contribution in [0.15, 0.2) is 60.7 Å². The van der Waals surface area contributed by atoms with Crippen molar-refractivity contribution < 1.29 is 14.3 Å². The molecule has 2 aromatic rings. The van der Waals surface area contributed by atoms with Crippen LogP contribution < -0.4 is 10.6 Å². The number of amides is 3. The summed E-state index contributed by atoms with van der Waals surface area (Å²) in [5.74, 6) is -0.189. The summed E-state index contributed by atoms with van der Waals surface area (Å²) in [4.78, 5) is 30.0. The number of para-hydroxylation sites is 1. The normalized spacial score (nSPS) is 20.4. The first-order valence-corrected chi connectivity index (χ1v) is 11.5. The second kappa shape index (κ2) is 11.1. The molecule has 32 heavy (non-hydrogen) atoms. The molecule has 0 aliphatic carbocycles. The van der Waals surface area contributed by atoms with Gasteiger partial charge in [-0.3, -0.25) is 9.69 Å². The Kier molecular flexibility index (Phi) is 7.74. The highest BCUT2D eigenvalue weighted by molar-refractivity contribution is 5.90. The molecule has 2 aromatic carbocycles. The second-order valence-corrected chi connectivity index (χ2v) is 8.47. The summed E-state index contributed by atoms with van der Waals surface area (Å²) in [6.45, 7) is 5.05. The van der Waals surface area contributed by atoms with Gasteiger partial charge in [0.15, 0.2) is 0 Å². The highest BCUT2D eigenvalue weighted by Crippen LogP contribution is 2.21. The van der Waals surface area contributed by atoms with Crippen LogP contribution in [0.25, 0.3) is 0 Å². The standard InChI is InChI=1S/C25H32N4O3/c30-24(21-10-7-13-29(18-21)25(31)26-22-11-5-2-6-12-22)27-23(20-8-3-1-4-9-20)19-28-14-16-32-17-15-28/h1-6,8-9,11-12,21,23H,7,10,13-19H2,(H,26,31)(H,27,30)/t21-,23-/m0/s1. The van der Waals surface area contributed by atoms with Gasteiger partial charge in [-0.05, 0) is 30.5 Å². The molecule has 2 N–H and O–H groups in total. The zero-order chi connectivity index (χ0) is 22.2. The molecule has 0 bridgehead atoms. The summed E-state index contributed by atoms with van der Waals surface area (Å²) >= 11 is 0. The number of nitrogens with one attached hydrogen (secondary N) is 2. The Bertz CT molecular complexity index is 871. The van der Waals surface area contributed by atoms with E-state index in [1.807, 2.05) is 48.5 Å². The van der Waals surface area contributed by atoms with Crippen LogP contribution in [0.2, 0.25) is 0 Å². The van der Waals surface area contributed by atoms with Crippen LogP contribution in [0.3, 0.4) is 0 Å². The van der Waals surface area contributed by atoms with Crippen LogP contribution in [0.1, 0.15) is 24.4 Å². The van der Waals surface area contributed by atoms with Crippen LogP contribution in [0, 0.1) is 5.92 Å². The molecule has 2 fully saturated rings. The summed E-state index contributed by atoms with van der Waals surface area (Å²) < 4.78 is 5.47. The summed E-state index contributed by atoms with van der Waals surface area (Å²) in [6.07, 6.45) is 1.61. The van der Waals surface area contributed by atoms with Crippen LogP contribution in [0.4, 0.5) is 10.5 Å². The minimum atomic E-state index is -0.207. The Hall–Kier alpha value is -2.90. The lowest BCUT2D eigenvalue weighted by atomic mass is 9.96. The van der Waals surface area contributed by atoms with Crippen molar-refractivity contribution in [2.75, 3.05) is 51.3 Å². The average molecular weight is 437 g/mol. The van der Waals surface area contributed by atoms with Crippen molar-refractivity contribution in [1.29, 1.82) is 0 Å². The van der Waals surface area contributed by atoms with Crippen molar-refractivity contribution in [3.05, 3.63) is 66.2 Å². The smallest absolute Gasteiger partial charge is 0.321 e. The van der Waals surface area contributed by atoms with Crippen LogP contribution in [0.5, 0.6) is 0 Å². The molecule has 4 rings (SSSR count). The number of nitrogens with zero attached hydrogens (tertiary/aromatic N) is 2. The molecule has 2 atom stereocenters. The number of carbonyl (C=O) groups is 2. The lowest BCUT2D eigenvalue weighted by molar-refractivity contribution is -0.127. The van der Waals surface area contributed by atoms with E-state index in [1.165, 1.54) is 0 Å². The van der Waals surface area contributed by atoms with E-state index in [2.05, 4.69) is 27.7 Å². The molecule has 2 aliphatic heterocycles. The highest BCUT2D eigenvalue weighted by Gasteiger charge is 2.30. The predicted octanol–water partition coefficient (Wildman–Crippen LogP) is 3.12. The zero-order valence-electron chi connectivity index (χ0n) is 18.4. The minimum absolute atomic E-state index is 0.0179. The maximum absolute atomic E-state index is 13.2. The Morgan fingerprint density at radius 1 is 0.969 bits per heavy atom. The van der Waals surface area contributed by atoms with E-state index in [4.69, 9.17) is 4.74 Å². The molecule has 0 unspecified atom stereocenters. The molecule has 0 radical (unpaired) electrons. The van der Waals surface area contributed by atoms with E-state index < -0.39 is 0 Å². The number of benzene rings is 2. The Labute approximate surface area is 189 Å². The SMILES string of the molecule is O=C(N[C@@H](CN1CCOCC1)c1ccccc1)[C@H]1CCCN(C(=O)Nc2ccccc2)C1. The maximum atomic E-state index is 13.2. The molecule has 7 nitrogen and oxygen atoms in total. The van der Waals surface area contributed by atoms with Crippen LogP contribution in [-0.4, -0.2) is 67.7 Å². The lowest BCUT2D eigenvalue weighted by Crippen LogP contribution is -2.49. The number of hydrogen-bond donors (Lipinski definition) is 2. The Morgan fingerprint density at radius 3 is 2.38 bits per heavy atom. The number of piperidine rings is 1. The van der Waals surface area contributed by atoms with Gasteiger partial charge >= 0.3 is 6.03 Å². The van der Waals surface area contributed by atoms with E-state index in [-0.39, 0.29) is 23.9 Å². The summed E-state index contributed by atoms with van der Waals surface area (Å²) in [7, 11) is 0. The van der Waals surface area contributed by atoms with Crippen molar-refractivity contribution in [1.82, 2.24) is 15.1 Å². The van der Waals surface area contributed by atoms with Crippen LogP contribution >= 0.6 is 0 Å². The van der Waals surface area contributed by atoms with E-state index in [0.29, 0.717) is 13.1 Å². The fourth-order valence-electron chi connectivity index (χ4n) is 4.35. The van der Waals surface area contributed by atoms with Crippen molar-refractivity contribution >= 4 is 17.6 Å². The summed E-state index contributed by atoms with van der Waals surface area (Å²) in [6, 6.07) is 19.3. The molecule has 0 saturated carbocycles. The molecule has 0 spiro atoms. The van der Waals surface area contributed by atoms with Gasteiger partial charge in [-0.1, -0.05) is 48.5 Å². The van der Waals surface area contributed by atoms with Crippen molar-refractivity contribution in [3.63, 3.8) is 0 Å². The van der Waals surface area contributed by atoms with Gasteiger partial charge in [0.05, 0.1) is 25.2 Å². The largest absolute Gasteiger partial charge is 0.379 e. The first-order valence-electron chi connectivity index (χ1n) is 11.5. The number of rotatable bonds is 6. The summed E-state index contributed by atoms with van der Waals surface area (Å²) in [5.41, 5.74) is 1.86. The third-order valence-electron chi connectivity index (χ3n) is 6.17. The first-order chi connectivity index (χ1) is 15.7. The predicted molar refractivity (Wildman–Crippen MR) is 124 cm³/mol. The molecule has 0 aromatic heterocycles. The molecule has 3 amide bonds. The third-order valence-corrected chi connectivity index (χ3v) is 6.17. The molecular weight excluding hydrogens is 404 g/mol. The minimum Gasteiger partial charge on any atom is -0.379 e. The monoisotopic (exact) mass is 436 g/mol. The van der Waals surface area contributed by atoms with Crippen molar-refractivity contribution in [2.45, 2.75) is 18.9 Å². The number of carbonyl (C=O) groups excluding carboxylic acids is 2. The fraction of sp³-hybridized carbons (Fsp3) is 0.440. The molecule has 2 aliphatic rings. The average Bonchev–Trinajstić information content (AvgIpc) is 2.85. The third kappa shape index (κ3) is 6.08. The van der Waals surface area contributed by atoms with Gasteiger partial charge in [0.25, 0.3) is 0 Å². The van der Waals surface area contributed by atoms with Crippen molar-refractivity contribution in [2.24, 2.45) is 5.92 Å². The number of ether oxygens (including phenoxy) is 1. The van der Waals surface area contributed by atoms with E-state index in [9.17, 15) is 9.59 Å². The first kappa shape index (κ1) is 22.3. The quantitative estimate of drug-likeness (QED) is 0.730. The van der Waals surface area contributed by atoms with Gasteiger partial charge in [0.2, 0.25) is 5.91 Å². The number of morpholine rings is 1. The molecule has 2 heterocycles. The Morgan fingerprint density at radius 2 is 1.66 bits per heavy atom. The number of urea groups is 1. The lowest BCUT2D eigenvalue weighted by Gasteiger charge is -2.34. The maximum Gasteiger partial charge on any atom is 0.321 e. The van der Waals surface area contributed by atoms with Gasteiger partial charge in [0.1, 0.15) is 0 Å². The highest BCUT2D eigenvalue weighted by atomic mass is 16.5. The van der Waals surface area contributed by atoms with E-state index in [1.54, 1.807) is 4.90 Å². The van der Waals surface area contributed by atoms with Gasteiger partial charge in [-0.2, -0.15) is 0 Å². The van der Waals surface area contributed by atoms with Gasteiger partial charge in [0, 0.05) is 38.4 Å². The molecule has 2 saturated heterocycles. The topological polar surface area (TPSA) is 73.9 Å². The Balaban J connectivity index is 1.38. The molecule has 7 heteroatoms. The second-order valence-electron chi connectivity index (χ2n) is 8.47. The molecule has 170 valence electrons. The van der Waals surface area contributed by atoms with Gasteiger partial charge in [-0.15, -0.1) is 0 Å². The van der Waals surface area contributed by atoms with Crippen LogP contribution in [-0.2, 0) is 9.53 Å². The zero-order valence-corrected chi connectivity index (χ0v) is 18.4. The molecular formula is C25H32N4O3. The fourth-order valence-corrected chi connectivity index (χ4v) is 4.35. The summed E-state index contributed by atoms with van der Waals surface area (Å²) in [5, 5.41) is 6.21. The number of anilines is 1.